The van der Waals surface area contributed by atoms with Gasteiger partial charge < -0.3 is 38.0 Å². The molecule has 6 rings (SSSR count). The summed E-state index contributed by atoms with van der Waals surface area (Å²) in [4.78, 5) is 47.5. The number of carbonyl (C=O) groups excluding carboxylic acids is 3. The van der Waals surface area contributed by atoms with E-state index in [4.69, 9.17) is 38.0 Å². The number of esters is 2. The first kappa shape index (κ1) is 42.9. The van der Waals surface area contributed by atoms with E-state index < -0.39 is 57.0 Å². The molecule has 4 aromatic rings. The monoisotopic (exact) mass is 798 g/mol. The van der Waals surface area contributed by atoms with E-state index in [0.717, 1.165) is 21.5 Å². The third-order valence-electron chi connectivity index (χ3n) is 9.23. The lowest BCUT2D eigenvalue weighted by Gasteiger charge is -2.42. The second-order valence-corrected chi connectivity index (χ2v) is 18.8. The maximum absolute atomic E-state index is 13.2. The highest BCUT2D eigenvalue weighted by molar-refractivity contribution is 7.00. The van der Waals surface area contributed by atoms with Gasteiger partial charge in [0.1, 0.15) is 12.2 Å². The number of aliphatic carboxylic acids is 1. The fraction of sp³-hybridized carbons (Fsp3) is 0.364. The van der Waals surface area contributed by atoms with E-state index in [2.05, 4.69) is 20.8 Å². The lowest BCUT2D eigenvalue weighted by Crippen LogP contribution is -2.67. The standard InChI is InChI=1S/C30H34O6Si.C14H16O6/c1-30(2,3)37(25-15-9-5-10-16-25,26-17-11-6-12-18-26)36-28(32)20-19-27(31)35-24-21-33-29(34-22-24)23-13-7-4-8-14-23;15-12(16)6-7-13(17)20-11-8-18-14(19-9-11)10-4-2-1-3-5-10/h4-18,24,29H,19-22H2,1-3H3;1-5,11,14H,6-9H2,(H,15,16). The van der Waals surface area contributed by atoms with Gasteiger partial charge in [0.05, 0.1) is 52.1 Å². The van der Waals surface area contributed by atoms with Gasteiger partial charge in [-0.2, -0.15) is 0 Å². The first-order chi connectivity index (χ1) is 27.4. The Kier molecular flexibility index (Phi) is 15.7. The van der Waals surface area contributed by atoms with Crippen LogP contribution in [0.5, 0.6) is 0 Å². The van der Waals surface area contributed by atoms with Crippen molar-refractivity contribution >= 4 is 42.6 Å². The summed E-state index contributed by atoms with van der Waals surface area (Å²) >= 11 is 0. The molecule has 0 spiro atoms. The average Bonchev–Trinajstić information content (AvgIpc) is 3.23. The molecule has 302 valence electrons. The average molecular weight is 799 g/mol. The van der Waals surface area contributed by atoms with Crippen LogP contribution >= 0.6 is 0 Å². The normalized spacial score (nSPS) is 19.6. The smallest absolute Gasteiger partial charge is 0.323 e. The Morgan fingerprint density at radius 3 is 1.23 bits per heavy atom. The predicted molar refractivity (Wildman–Crippen MR) is 212 cm³/mol. The summed E-state index contributed by atoms with van der Waals surface area (Å²) in [6, 6.07) is 38.9. The molecule has 13 heteroatoms. The molecular weight excluding hydrogens is 749 g/mol. The highest BCUT2D eigenvalue weighted by Gasteiger charge is 2.53. The number of rotatable bonds is 13. The zero-order valence-corrected chi connectivity index (χ0v) is 33.5. The lowest BCUT2D eigenvalue weighted by atomic mass is 10.2. The number of hydrogen-bond acceptors (Lipinski definition) is 11. The van der Waals surface area contributed by atoms with E-state index in [9.17, 15) is 19.2 Å². The van der Waals surface area contributed by atoms with Gasteiger partial charge in [0, 0.05) is 11.1 Å². The molecule has 0 aliphatic carbocycles. The van der Waals surface area contributed by atoms with Crippen LogP contribution in [0.1, 0.15) is 70.2 Å². The topological polar surface area (TPSA) is 153 Å². The SMILES string of the molecule is CC(C)(C)[Si](OC(=O)CCC(=O)OC1COC(c2ccccc2)OC1)(c1ccccc1)c1ccccc1.O=C(O)CCC(=O)OC1COC(c2ccccc2)OC1. The second-order valence-electron chi connectivity index (χ2n) is 14.6. The first-order valence-corrected chi connectivity index (χ1v) is 20.9. The molecule has 4 aromatic carbocycles. The fourth-order valence-corrected chi connectivity index (χ4v) is 10.9. The number of hydrogen-bond donors (Lipinski definition) is 1. The number of carbonyl (C=O) groups is 4. The highest BCUT2D eigenvalue weighted by Crippen LogP contribution is 2.37. The summed E-state index contributed by atoms with van der Waals surface area (Å²) in [5, 5.41) is 10.2. The van der Waals surface area contributed by atoms with Crippen LogP contribution in [0.25, 0.3) is 0 Å². The van der Waals surface area contributed by atoms with Crippen molar-refractivity contribution in [3.05, 3.63) is 132 Å². The summed E-state index contributed by atoms with van der Waals surface area (Å²) in [6.07, 6.45) is -2.45. The van der Waals surface area contributed by atoms with Crippen LogP contribution in [0.2, 0.25) is 5.04 Å². The van der Waals surface area contributed by atoms with Gasteiger partial charge >= 0.3 is 26.2 Å². The maximum Gasteiger partial charge on any atom is 0.323 e. The van der Waals surface area contributed by atoms with Crippen molar-refractivity contribution in [1.82, 2.24) is 0 Å². The van der Waals surface area contributed by atoms with Gasteiger partial charge in [0.2, 0.25) is 0 Å². The van der Waals surface area contributed by atoms with Crippen LogP contribution in [0.15, 0.2) is 121 Å². The number of carboxylic acids is 1. The van der Waals surface area contributed by atoms with Crippen LogP contribution in [0, 0.1) is 0 Å². The van der Waals surface area contributed by atoms with E-state index in [1.54, 1.807) is 0 Å². The van der Waals surface area contributed by atoms with E-state index in [0.29, 0.717) is 0 Å². The van der Waals surface area contributed by atoms with Gasteiger partial charge in [-0.05, 0) is 15.4 Å². The van der Waals surface area contributed by atoms with Crippen LogP contribution in [-0.4, -0.2) is 75.9 Å². The van der Waals surface area contributed by atoms with Crippen molar-refractivity contribution in [2.24, 2.45) is 0 Å². The zero-order valence-electron chi connectivity index (χ0n) is 32.5. The van der Waals surface area contributed by atoms with E-state index >= 15 is 0 Å². The molecule has 12 nitrogen and oxygen atoms in total. The Balaban J connectivity index is 0.000000261. The third-order valence-corrected chi connectivity index (χ3v) is 14.2. The Labute approximate surface area is 334 Å². The molecule has 0 bridgehead atoms. The molecule has 0 saturated carbocycles. The van der Waals surface area contributed by atoms with Crippen LogP contribution in [0.4, 0.5) is 0 Å². The molecule has 2 heterocycles. The number of ether oxygens (including phenoxy) is 6. The van der Waals surface area contributed by atoms with Gasteiger partial charge in [-0.1, -0.05) is 142 Å². The quantitative estimate of drug-likeness (QED) is 0.124. The van der Waals surface area contributed by atoms with Crippen LogP contribution in [-0.2, 0) is 52.0 Å². The molecule has 2 saturated heterocycles. The van der Waals surface area contributed by atoms with Crippen molar-refractivity contribution in [3.8, 4) is 0 Å². The Morgan fingerprint density at radius 2 is 0.877 bits per heavy atom. The second kappa shape index (κ2) is 20.8. The van der Waals surface area contributed by atoms with Crippen molar-refractivity contribution in [2.45, 2.75) is 76.3 Å². The molecule has 2 fully saturated rings. The summed E-state index contributed by atoms with van der Waals surface area (Å²) in [7, 11) is -3.01. The highest BCUT2D eigenvalue weighted by atomic mass is 28.4. The minimum absolute atomic E-state index is 0.0651. The van der Waals surface area contributed by atoms with Crippen molar-refractivity contribution < 1.29 is 57.1 Å². The van der Waals surface area contributed by atoms with E-state index in [1.165, 1.54) is 0 Å². The molecular formula is C44H50O12Si. The van der Waals surface area contributed by atoms with E-state index in [1.807, 2.05) is 121 Å². The van der Waals surface area contributed by atoms with Gasteiger partial charge in [0.25, 0.3) is 5.97 Å². The minimum Gasteiger partial charge on any atom is -0.510 e. The van der Waals surface area contributed by atoms with Gasteiger partial charge in [-0.15, -0.1) is 0 Å². The summed E-state index contributed by atoms with van der Waals surface area (Å²) in [5.74, 6) is -2.47. The van der Waals surface area contributed by atoms with Gasteiger partial charge in [0.15, 0.2) is 12.6 Å². The van der Waals surface area contributed by atoms with Crippen molar-refractivity contribution in [3.63, 3.8) is 0 Å². The summed E-state index contributed by atoms with van der Waals surface area (Å²) in [6.45, 7) is 7.25. The van der Waals surface area contributed by atoms with Gasteiger partial charge in [-0.25, -0.2) is 0 Å². The van der Waals surface area contributed by atoms with Crippen LogP contribution in [0.3, 0.4) is 0 Å². The van der Waals surface area contributed by atoms with Gasteiger partial charge in [-0.3, -0.25) is 19.2 Å². The Hall–Kier alpha value is -5.18. The number of carboxylic acid groups (broad SMARTS) is 1. The maximum atomic E-state index is 13.2. The lowest BCUT2D eigenvalue weighted by molar-refractivity contribution is -0.229. The molecule has 0 aromatic heterocycles. The zero-order chi connectivity index (χ0) is 40.7. The fourth-order valence-electron chi connectivity index (χ4n) is 6.49. The third kappa shape index (κ3) is 12.4. The molecule has 2 aliphatic heterocycles. The Bertz CT molecular complexity index is 1810. The molecule has 0 unspecified atom stereocenters. The summed E-state index contributed by atoms with van der Waals surface area (Å²) < 4.78 is 39.4. The largest absolute Gasteiger partial charge is 0.510 e. The molecule has 0 amide bonds. The van der Waals surface area contributed by atoms with E-state index in [-0.39, 0.29) is 57.1 Å². The summed E-state index contributed by atoms with van der Waals surface area (Å²) in [5.41, 5.74) is 1.82. The Morgan fingerprint density at radius 1 is 0.544 bits per heavy atom. The van der Waals surface area contributed by atoms with Crippen molar-refractivity contribution in [1.29, 1.82) is 0 Å². The number of benzene rings is 4. The predicted octanol–water partition coefficient (Wildman–Crippen LogP) is 6.04. The molecule has 0 atom stereocenters. The molecule has 0 radical (unpaired) electrons. The minimum atomic E-state index is -3.01. The molecule has 57 heavy (non-hydrogen) atoms. The molecule has 1 N–H and O–H groups in total. The molecule has 2 aliphatic rings. The first-order valence-electron chi connectivity index (χ1n) is 18.9. The van der Waals surface area contributed by atoms with Crippen molar-refractivity contribution in [2.75, 3.05) is 26.4 Å². The van der Waals surface area contributed by atoms with Crippen LogP contribution < -0.4 is 10.4 Å².